The Balaban J connectivity index is 2.32. The van der Waals surface area contributed by atoms with Crippen molar-refractivity contribution < 1.29 is 4.79 Å². The summed E-state index contributed by atoms with van der Waals surface area (Å²) in [6, 6.07) is 18.4. The molecule has 0 spiro atoms. The molecule has 20 heavy (non-hydrogen) atoms. The number of carbonyl (C=O) groups is 1. The zero-order valence-electron chi connectivity index (χ0n) is 11.9. The van der Waals surface area contributed by atoms with Crippen LogP contribution in [-0.2, 0) is 10.3 Å². The number of hydrogen-bond acceptors (Lipinski definition) is 2. The molecule has 0 unspecified atom stereocenters. The third kappa shape index (κ3) is 3.25. The van der Waals surface area contributed by atoms with E-state index in [1.165, 1.54) is 0 Å². The third-order valence-corrected chi connectivity index (χ3v) is 3.33. The van der Waals surface area contributed by atoms with Crippen molar-refractivity contribution in [3.05, 3.63) is 60.2 Å². The average Bonchev–Trinajstić information content (AvgIpc) is 2.48. The topological polar surface area (TPSA) is 55.1 Å². The minimum atomic E-state index is -0.443. The summed E-state index contributed by atoms with van der Waals surface area (Å²) in [7, 11) is 0. The average molecular weight is 268 g/mol. The van der Waals surface area contributed by atoms with Crippen molar-refractivity contribution in [3.63, 3.8) is 0 Å². The second-order valence-electron chi connectivity index (χ2n) is 5.32. The van der Waals surface area contributed by atoms with E-state index in [1.807, 2.05) is 44.2 Å². The molecule has 0 aromatic heterocycles. The molecule has 0 saturated heterocycles. The highest BCUT2D eigenvalue weighted by Crippen LogP contribution is 2.26. The molecule has 2 aromatic rings. The van der Waals surface area contributed by atoms with Gasteiger partial charge in [0.1, 0.15) is 0 Å². The van der Waals surface area contributed by atoms with Crippen LogP contribution in [0.4, 0.5) is 0 Å². The Morgan fingerprint density at radius 3 is 2.35 bits per heavy atom. The molecule has 0 radical (unpaired) electrons. The largest absolute Gasteiger partial charge is 0.346 e. The van der Waals surface area contributed by atoms with E-state index in [2.05, 4.69) is 29.6 Å². The highest BCUT2D eigenvalue weighted by molar-refractivity contribution is 5.78. The van der Waals surface area contributed by atoms with Crippen molar-refractivity contribution in [2.75, 3.05) is 6.54 Å². The van der Waals surface area contributed by atoms with Gasteiger partial charge in [-0.05, 0) is 36.6 Å². The first-order chi connectivity index (χ1) is 9.53. The molecule has 2 aromatic carbocycles. The molecule has 3 nitrogen and oxygen atoms in total. The van der Waals surface area contributed by atoms with Gasteiger partial charge in [0.2, 0.25) is 5.91 Å². The lowest BCUT2D eigenvalue weighted by Crippen LogP contribution is -2.43. The van der Waals surface area contributed by atoms with Crippen LogP contribution in [0.2, 0.25) is 0 Å². The van der Waals surface area contributed by atoms with Crippen LogP contribution in [0.15, 0.2) is 54.6 Å². The van der Waals surface area contributed by atoms with Crippen LogP contribution >= 0.6 is 0 Å². The molecule has 0 bridgehead atoms. The monoisotopic (exact) mass is 268 g/mol. The van der Waals surface area contributed by atoms with Gasteiger partial charge in [-0.3, -0.25) is 4.79 Å². The molecule has 0 atom stereocenters. The SMILES string of the molecule is CC(C)(NC(=O)CN)c1cccc(-c2ccccc2)c1. The van der Waals surface area contributed by atoms with E-state index in [0.29, 0.717) is 0 Å². The molecule has 104 valence electrons. The molecule has 2 rings (SSSR count). The summed E-state index contributed by atoms with van der Waals surface area (Å²) in [5, 5.41) is 2.94. The Labute approximate surface area is 119 Å². The van der Waals surface area contributed by atoms with Gasteiger partial charge < -0.3 is 11.1 Å². The summed E-state index contributed by atoms with van der Waals surface area (Å²) >= 11 is 0. The molecule has 1 amide bonds. The quantitative estimate of drug-likeness (QED) is 0.895. The Bertz CT molecular complexity index is 591. The zero-order valence-corrected chi connectivity index (χ0v) is 11.9. The van der Waals surface area contributed by atoms with Gasteiger partial charge >= 0.3 is 0 Å². The fourth-order valence-corrected chi connectivity index (χ4v) is 2.19. The highest BCUT2D eigenvalue weighted by Gasteiger charge is 2.22. The summed E-state index contributed by atoms with van der Waals surface area (Å²) in [5.74, 6) is -0.153. The number of rotatable bonds is 4. The van der Waals surface area contributed by atoms with Gasteiger partial charge in [0, 0.05) is 0 Å². The molecule has 0 aliphatic rings. The van der Waals surface area contributed by atoms with Crippen molar-refractivity contribution >= 4 is 5.91 Å². The lowest BCUT2D eigenvalue weighted by atomic mass is 9.91. The number of nitrogens with one attached hydrogen (secondary N) is 1. The predicted octanol–water partition coefficient (Wildman–Crippen LogP) is 2.66. The van der Waals surface area contributed by atoms with E-state index in [1.54, 1.807) is 0 Å². The summed E-state index contributed by atoms with van der Waals surface area (Å²) in [4.78, 5) is 11.5. The van der Waals surface area contributed by atoms with Gasteiger partial charge in [0.15, 0.2) is 0 Å². The fourth-order valence-electron chi connectivity index (χ4n) is 2.19. The van der Waals surface area contributed by atoms with Crippen LogP contribution in [0.25, 0.3) is 11.1 Å². The van der Waals surface area contributed by atoms with Crippen molar-refractivity contribution in [1.29, 1.82) is 0 Å². The summed E-state index contributed by atoms with van der Waals surface area (Å²) < 4.78 is 0. The van der Waals surface area contributed by atoms with Gasteiger partial charge in [-0.1, -0.05) is 48.5 Å². The van der Waals surface area contributed by atoms with Crippen molar-refractivity contribution in [1.82, 2.24) is 5.32 Å². The zero-order chi connectivity index (χ0) is 14.6. The number of amides is 1. The second kappa shape index (κ2) is 5.88. The van der Waals surface area contributed by atoms with Crippen LogP contribution in [0.5, 0.6) is 0 Å². The standard InChI is InChI=1S/C17H20N2O/c1-17(2,19-16(20)12-18)15-10-6-9-14(11-15)13-7-4-3-5-8-13/h3-11H,12,18H2,1-2H3,(H,19,20). The van der Waals surface area contributed by atoms with Gasteiger partial charge in [-0.15, -0.1) is 0 Å². The maximum atomic E-state index is 11.5. The van der Waals surface area contributed by atoms with E-state index in [-0.39, 0.29) is 12.5 Å². The van der Waals surface area contributed by atoms with Crippen molar-refractivity contribution in [3.8, 4) is 11.1 Å². The molecular weight excluding hydrogens is 248 g/mol. The van der Waals surface area contributed by atoms with E-state index in [0.717, 1.165) is 16.7 Å². The Hall–Kier alpha value is -2.13. The first-order valence-corrected chi connectivity index (χ1v) is 6.70. The maximum absolute atomic E-state index is 11.5. The third-order valence-electron chi connectivity index (χ3n) is 3.33. The first kappa shape index (κ1) is 14.3. The fraction of sp³-hybridized carbons (Fsp3) is 0.235. The smallest absolute Gasteiger partial charge is 0.234 e. The molecule has 0 fully saturated rings. The van der Waals surface area contributed by atoms with Gasteiger partial charge in [-0.2, -0.15) is 0 Å². The number of nitrogens with two attached hydrogens (primary N) is 1. The number of hydrogen-bond donors (Lipinski definition) is 2. The van der Waals surface area contributed by atoms with Crippen molar-refractivity contribution in [2.45, 2.75) is 19.4 Å². The minimum Gasteiger partial charge on any atom is -0.346 e. The lowest BCUT2D eigenvalue weighted by molar-refractivity contribution is -0.121. The second-order valence-corrected chi connectivity index (χ2v) is 5.32. The van der Waals surface area contributed by atoms with Crippen LogP contribution in [-0.4, -0.2) is 12.5 Å². The Morgan fingerprint density at radius 2 is 1.70 bits per heavy atom. The molecular formula is C17H20N2O. The van der Waals surface area contributed by atoms with E-state index >= 15 is 0 Å². The van der Waals surface area contributed by atoms with Crippen LogP contribution in [0.1, 0.15) is 19.4 Å². The maximum Gasteiger partial charge on any atom is 0.234 e. The molecule has 0 saturated carbocycles. The number of carbonyl (C=O) groups excluding carboxylic acids is 1. The Morgan fingerprint density at radius 1 is 1.05 bits per heavy atom. The molecule has 0 aliphatic heterocycles. The van der Waals surface area contributed by atoms with Crippen LogP contribution in [0, 0.1) is 0 Å². The summed E-state index contributed by atoms with van der Waals surface area (Å²) in [6.45, 7) is 3.96. The van der Waals surface area contributed by atoms with Crippen LogP contribution < -0.4 is 11.1 Å². The summed E-state index contributed by atoms with van der Waals surface area (Å²) in [6.07, 6.45) is 0. The van der Waals surface area contributed by atoms with E-state index < -0.39 is 5.54 Å². The van der Waals surface area contributed by atoms with E-state index in [4.69, 9.17) is 5.73 Å². The molecule has 3 N–H and O–H groups in total. The Kier molecular flexibility index (Phi) is 4.20. The van der Waals surface area contributed by atoms with E-state index in [9.17, 15) is 4.79 Å². The molecule has 0 heterocycles. The molecule has 3 heteroatoms. The van der Waals surface area contributed by atoms with Gasteiger partial charge in [0.05, 0.1) is 12.1 Å². The lowest BCUT2D eigenvalue weighted by Gasteiger charge is -2.27. The molecule has 0 aliphatic carbocycles. The predicted molar refractivity (Wildman–Crippen MR) is 82.1 cm³/mol. The summed E-state index contributed by atoms with van der Waals surface area (Å²) in [5.41, 5.74) is 8.28. The minimum absolute atomic E-state index is 0.00179. The normalized spacial score (nSPS) is 11.2. The first-order valence-electron chi connectivity index (χ1n) is 6.70. The highest BCUT2D eigenvalue weighted by atomic mass is 16.1. The van der Waals surface area contributed by atoms with Gasteiger partial charge in [0.25, 0.3) is 0 Å². The van der Waals surface area contributed by atoms with Gasteiger partial charge in [-0.25, -0.2) is 0 Å². The number of benzene rings is 2. The van der Waals surface area contributed by atoms with Crippen molar-refractivity contribution in [2.24, 2.45) is 5.73 Å². The van der Waals surface area contributed by atoms with Crippen LogP contribution in [0.3, 0.4) is 0 Å².